The number of alkyl halides is 3. The van der Waals surface area contributed by atoms with Crippen LogP contribution in [0.15, 0.2) is 29.2 Å². The standard InChI is InChI=1S/C29H36F3NO5S/c1-26-13-14-28(15-19(26)5-8-21-22-9-10-24(34)27(22,2)12-11-23(21)26)17-33(16-25(35)38-28)39(36,37)20-6-3-18(4-7-20)29(30,31)32/h3-4,6-7,19,21-23H,5,8-17H2,1-2H3/t19-,21-,22-,23-,26-,27-,28+/m0/s1. The molecule has 4 saturated carbocycles. The first-order chi connectivity index (χ1) is 18.2. The number of morpholine rings is 1. The van der Waals surface area contributed by atoms with Gasteiger partial charge in [-0.1, -0.05) is 13.8 Å². The Balaban J connectivity index is 1.22. The number of hydrogen-bond acceptors (Lipinski definition) is 5. The van der Waals surface area contributed by atoms with Crippen molar-refractivity contribution in [1.29, 1.82) is 0 Å². The Morgan fingerprint density at radius 2 is 1.67 bits per heavy atom. The maximum atomic E-state index is 13.4. The molecule has 1 spiro atoms. The lowest BCUT2D eigenvalue weighted by molar-refractivity contribution is -0.194. The minimum Gasteiger partial charge on any atom is -0.457 e. The van der Waals surface area contributed by atoms with E-state index >= 15 is 0 Å². The van der Waals surface area contributed by atoms with E-state index in [1.54, 1.807) is 0 Å². The fourth-order valence-electron chi connectivity index (χ4n) is 9.28. The van der Waals surface area contributed by atoms with Crippen molar-refractivity contribution in [3.8, 4) is 0 Å². The highest BCUT2D eigenvalue weighted by atomic mass is 32.2. The summed E-state index contributed by atoms with van der Waals surface area (Å²) in [7, 11) is -4.18. The minimum absolute atomic E-state index is 0.0119. The van der Waals surface area contributed by atoms with Crippen LogP contribution in [-0.2, 0) is 30.5 Å². The number of nitrogens with zero attached hydrogens (tertiary/aromatic N) is 1. The number of rotatable bonds is 2. The molecule has 0 aromatic heterocycles. The van der Waals surface area contributed by atoms with Crippen LogP contribution in [0.3, 0.4) is 0 Å². The summed E-state index contributed by atoms with van der Waals surface area (Å²) >= 11 is 0. The Kier molecular flexibility index (Phi) is 6.13. The Labute approximate surface area is 227 Å². The van der Waals surface area contributed by atoms with Gasteiger partial charge in [0.1, 0.15) is 17.9 Å². The highest BCUT2D eigenvalue weighted by Crippen LogP contribution is 2.66. The monoisotopic (exact) mass is 567 g/mol. The van der Waals surface area contributed by atoms with Crippen molar-refractivity contribution in [3.63, 3.8) is 0 Å². The van der Waals surface area contributed by atoms with Gasteiger partial charge in [-0.15, -0.1) is 0 Å². The molecule has 0 radical (unpaired) electrons. The third-order valence-corrected chi connectivity index (χ3v) is 13.2. The molecule has 10 heteroatoms. The lowest BCUT2D eigenvalue weighted by Gasteiger charge is -2.62. The fourth-order valence-corrected chi connectivity index (χ4v) is 10.7. The zero-order chi connectivity index (χ0) is 28.0. The van der Waals surface area contributed by atoms with Gasteiger partial charge in [0, 0.05) is 11.8 Å². The van der Waals surface area contributed by atoms with Crippen molar-refractivity contribution in [1.82, 2.24) is 4.31 Å². The van der Waals surface area contributed by atoms with Gasteiger partial charge < -0.3 is 4.74 Å². The molecule has 39 heavy (non-hydrogen) atoms. The molecule has 4 aliphatic carbocycles. The Morgan fingerprint density at radius 3 is 2.36 bits per heavy atom. The Bertz CT molecular complexity index is 1300. The number of ether oxygens (including phenoxy) is 1. The van der Waals surface area contributed by atoms with E-state index in [1.165, 1.54) is 0 Å². The van der Waals surface area contributed by atoms with Crippen molar-refractivity contribution in [2.75, 3.05) is 13.1 Å². The van der Waals surface area contributed by atoms with Gasteiger partial charge in [-0.2, -0.15) is 17.5 Å². The number of halogens is 3. The largest absolute Gasteiger partial charge is 0.457 e. The lowest BCUT2D eigenvalue weighted by atomic mass is 9.44. The van der Waals surface area contributed by atoms with Crippen molar-refractivity contribution in [3.05, 3.63) is 29.8 Å². The summed E-state index contributed by atoms with van der Waals surface area (Å²) in [6, 6.07) is 3.41. The highest BCUT2D eigenvalue weighted by molar-refractivity contribution is 7.89. The first-order valence-electron chi connectivity index (χ1n) is 14.1. The second-order valence-electron chi connectivity index (χ2n) is 13.2. The van der Waals surface area contributed by atoms with E-state index in [9.17, 15) is 31.2 Å². The normalized spacial score (nSPS) is 41.1. The molecule has 1 aromatic rings. The van der Waals surface area contributed by atoms with Crippen LogP contribution in [0.25, 0.3) is 0 Å². The quantitative estimate of drug-likeness (QED) is 0.435. The third-order valence-electron chi connectivity index (χ3n) is 11.4. The Hall–Kier alpha value is -1.94. The molecule has 1 aromatic carbocycles. The molecular formula is C29H36F3NO5S. The van der Waals surface area contributed by atoms with Crippen LogP contribution in [0.1, 0.15) is 77.2 Å². The van der Waals surface area contributed by atoms with Crippen molar-refractivity contribution in [2.45, 2.75) is 88.3 Å². The number of benzene rings is 1. The second kappa shape index (κ2) is 8.78. The number of ketones is 1. The summed E-state index contributed by atoms with van der Waals surface area (Å²) in [6.45, 7) is 4.08. The average Bonchev–Trinajstić information content (AvgIpc) is 3.18. The number of sulfonamides is 1. The number of hydrogen-bond donors (Lipinski definition) is 0. The highest BCUT2D eigenvalue weighted by Gasteiger charge is 2.62. The summed E-state index contributed by atoms with van der Waals surface area (Å²) in [5, 5.41) is 0. The summed E-state index contributed by atoms with van der Waals surface area (Å²) in [6.07, 6.45) is 3.00. The van der Waals surface area contributed by atoms with Gasteiger partial charge in [0.2, 0.25) is 10.0 Å². The van der Waals surface area contributed by atoms with Crippen LogP contribution in [0.4, 0.5) is 13.2 Å². The van der Waals surface area contributed by atoms with Crippen LogP contribution >= 0.6 is 0 Å². The van der Waals surface area contributed by atoms with Crippen LogP contribution in [0.2, 0.25) is 0 Å². The predicted octanol–water partition coefficient (Wildman–Crippen LogP) is 5.60. The third kappa shape index (κ3) is 4.18. The summed E-state index contributed by atoms with van der Waals surface area (Å²) in [5.74, 6) is 1.54. The molecule has 6 nitrogen and oxygen atoms in total. The van der Waals surface area contributed by atoms with Gasteiger partial charge in [-0.25, -0.2) is 8.42 Å². The number of fused-ring (bicyclic) bond motifs is 5. The summed E-state index contributed by atoms with van der Waals surface area (Å²) in [5.41, 5.74) is -2.00. The van der Waals surface area contributed by atoms with Gasteiger partial charge in [0.15, 0.2) is 0 Å². The van der Waals surface area contributed by atoms with Crippen LogP contribution in [-0.4, -0.2) is 43.2 Å². The molecule has 0 unspecified atom stereocenters. The molecule has 1 aliphatic heterocycles. The van der Waals surface area contributed by atoms with Gasteiger partial charge in [-0.3, -0.25) is 9.59 Å². The Morgan fingerprint density at radius 1 is 0.949 bits per heavy atom. The minimum atomic E-state index is -4.57. The maximum Gasteiger partial charge on any atom is 0.416 e. The van der Waals surface area contributed by atoms with E-state index in [0.717, 1.165) is 67.1 Å². The van der Waals surface area contributed by atoms with Gasteiger partial charge in [-0.05, 0) is 105 Å². The second-order valence-corrected chi connectivity index (χ2v) is 15.2. The van der Waals surface area contributed by atoms with Crippen molar-refractivity contribution >= 4 is 21.8 Å². The molecular weight excluding hydrogens is 531 g/mol. The number of carbonyl (C=O) groups excluding carboxylic acids is 2. The number of Topliss-reactive ketones (excluding diaryl/α,β-unsaturated/α-hetero) is 1. The maximum absolute atomic E-state index is 13.4. The van der Waals surface area contributed by atoms with Crippen molar-refractivity contribution < 1.29 is 35.9 Å². The van der Waals surface area contributed by atoms with E-state index < -0.39 is 39.9 Å². The van der Waals surface area contributed by atoms with Crippen LogP contribution < -0.4 is 0 Å². The molecule has 5 fully saturated rings. The number of carbonyl (C=O) groups is 2. The molecule has 5 aliphatic rings. The molecule has 0 N–H and O–H groups in total. The van der Waals surface area contributed by atoms with Crippen LogP contribution in [0, 0.1) is 34.5 Å². The molecule has 7 atom stereocenters. The first-order valence-corrected chi connectivity index (χ1v) is 15.5. The van der Waals surface area contributed by atoms with E-state index in [0.29, 0.717) is 42.8 Å². The average molecular weight is 568 g/mol. The molecule has 1 heterocycles. The SMILES string of the molecule is C[C@]12CC[C@@]3(C[C@@H]1CC[C@@H]1[C@@H]2CC[C@]2(C)C(=O)CC[C@@H]12)CN(S(=O)(=O)c1ccc(C(F)(F)F)cc1)CC(=O)O3. The van der Waals surface area contributed by atoms with Crippen molar-refractivity contribution in [2.24, 2.45) is 34.5 Å². The first kappa shape index (κ1) is 27.2. The zero-order valence-corrected chi connectivity index (χ0v) is 23.2. The summed E-state index contributed by atoms with van der Waals surface area (Å²) in [4.78, 5) is 25.2. The van der Waals surface area contributed by atoms with E-state index in [2.05, 4.69) is 13.8 Å². The lowest BCUT2D eigenvalue weighted by Crippen LogP contribution is -2.62. The number of esters is 1. The summed E-state index contributed by atoms with van der Waals surface area (Å²) < 4.78 is 72.9. The molecule has 1 saturated heterocycles. The van der Waals surface area contributed by atoms with Gasteiger partial charge in [0.25, 0.3) is 0 Å². The fraction of sp³-hybridized carbons (Fsp3) is 0.724. The molecule has 0 amide bonds. The molecule has 214 valence electrons. The zero-order valence-electron chi connectivity index (χ0n) is 22.4. The van der Waals surface area contributed by atoms with Gasteiger partial charge in [0.05, 0.1) is 17.0 Å². The van der Waals surface area contributed by atoms with E-state index in [-0.39, 0.29) is 28.2 Å². The molecule has 6 rings (SSSR count). The van der Waals surface area contributed by atoms with E-state index in [1.807, 2.05) is 0 Å². The van der Waals surface area contributed by atoms with Gasteiger partial charge >= 0.3 is 12.1 Å². The smallest absolute Gasteiger partial charge is 0.416 e. The van der Waals surface area contributed by atoms with Crippen LogP contribution in [0.5, 0.6) is 0 Å². The molecule has 0 bridgehead atoms. The van der Waals surface area contributed by atoms with E-state index in [4.69, 9.17) is 4.74 Å². The topological polar surface area (TPSA) is 80.8 Å². The predicted molar refractivity (Wildman–Crippen MR) is 136 cm³/mol.